The van der Waals surface area contributed by atoms with E-state index in [1.165, 1.54) is 0 Å². The highest BCUT2D eigenvalue weighted by atomic mass is 16.1. The van der Waals surface area contributed by atoms with E-state index in [1.54, 1.807) is 54.2 Å². The predicted molar refractivity (Wildman–Crippen MR) is 65.1 cm³/mol. The summed E-state index contributed by atoms with van der Waals surface area (Å²) in [5, 5.41) is 0. The van der Waals surface area contributed by atoms with Crippen molar-refractivity contribution in [2.24, 2.45) is 7.05 Å². The molecule has 0 bridgehead atoms. The number of rotatable bonds is 4. The standard InChI is InChI=1S/C14H13NO2/c1-15-9-5-8-12(15)14(17)10-13(16)11-6-3-2-4-7-11/h2-9H,10H2,1H3. The fourth-order valence-electron chi connectivity index (χ4n) is 1.71. The van der Waals surface area contributed by atoms with E-state index in [0.717, 1.165) is 0 Å². The van der Waals surface area contributed by atoms with Gasteiger partial charge in [-0.15, -0.1) is 0 Å². The summed E-state index contributed by atoms with van der Waals surface area (Å²) in [6.45, 7) is 0. The van der Waals surface area contributed by atoms with Gasteiger partial charge in [0.05, 0.1) is 12.1 Å². The van der Waals surface area contributed by atoms with Crippen molar-refractivity contribution in [3.05, 3.63) is 59.9 Å². The number of Topliss-reactive ketones (excluding diaryl/α,β-unsaturated/α-hetero) is 2. The minimum atomic E-state index is -0.147. The van der Waals surface area contributed by atoms with Gasteiger partial charge in [0.2, 0.25) is 0 Å². The van der Waals surface area contributed by atoms with E-state index >= 15 is 0 Å². The SMILES string of the molecule is Cn1cccc1C(=O)CC(=O)c1ccccc1. The summed E-state index contributed by atoms with van der Waals surface area (Å²) in [4.78, 5) is 23.7. The first kappa shape index (κ1) is 11.3. The van der Waals surface area contributed by atoms with Gasteiger partial charge in [-0.2, -0.15) is 0 Å². The zero-order valence-electron chi connectivity index (χ0n) is 9.59. The zero-order chi connectivity index (χ0) is 12.3. The smallest absolute Gasteiger partial charge is 0.186 e. The lowest BCUT2D eigenvalue weighted by molar-refractivity contribution is 0.0890. The summed E-state index contributed by atoms with van der Waals surface area (Å²) in [6, 6.07) is 12.4. The Bertz CT molecular complexity index is 540. The van der Waals surface area contributed by atoms with Crippen molar-refractivity contribution < 1.29 is 9.59 Å². The van der Waals surface area contributed by atoms with E-state index < -0.39 is 0 Å². The van der Waals surface area contributed by atoms with Gasteiger partial charge in [0, 0.05) is 18.8 Å². The Hall–Kier alpha value is -2.16. The highest BCUT2D eigenvalue weighted by molar-refractivity contribution is 6.12. The number of carbonyl (C=O) groups is 2. The van der Waals surface area contributed by atoms with Crippen molar-refractivity contribution in [3.63, 3.8) is 0 Å². The van der Waals surface area contributed by atoms with E-state index in [9.17, 15) is 9.59 Å². The minimum Gasteiger partial charge on any atom is -0.348 e. The van der Waals surface area contributed by atoms with E-state index in [1.807, 2.05) is 6.07 Å². The molecule has 1 aromatic carbocycles. The van der Waals surface area contributed by atoms with E-state index in [2.05, 4.69) is 0 Å². The van der Waals surface area contributed by atoms with Gasteiger partial charge in [-0.1, -0.05) is 30.3 Å². The van der Waals surface area contributed by atoms with Gasteiger partial charge in [0.25, 0.3) is 0 Å². The molecule has 0 saturated carbocycles. The molecule has 0 radical (unpaired) electrons. The lowest BCUT2D eigenvalue weighted by Crippen LogP contribution is -2.11. The first-order chi connectivity index (χ1) is 8.18. The zero-order valence-corrected chi connectivity index (χ0v) is 9.59. The Morgan fingerprint density at radius 1 is 1.00 bits per heavy atom. The summed E-state index contributed by atoms with van der Waals surface area (Å²) in [5.41, 5.74) is 1.14. The molecule has 0 aliphatic heterocycles. The van der Waals surface area contributed by atoms with Crippen LogP contribution in [-0.2, 0) is 7.05 Å². The fraction of sp³-hybridized carbons (Fsp3) is 0.143. The molecule has 17 heavy (non-hydrogen) atoms. The Morgan fingerprint density at radius 2 is 1.71 bits per heavy atom. The van der Waals surface area contributed by atoms with Gasteiger partial charge >= 0.3 is 0 Å². The third-order valence-electron chi connectivity index (χ3n) is 2.65. The van der Waals surface area contributed by atoms with Crippen molar-refractivity contribution in [3.8, 4) is 0 Å². The highest BCUT2D eigenvalue weighted by Gasteiger charge is 2.14. The van der Waals surface area contributed by atoms with E-state index in [4.69, 9.17) is 0 Å². The maximum absolute atomic E-state index is 11.9. The molecule has 3 nitrogen and oxygen atoms in total. The molecule has 3 heteroatoms. The molecule has 2 aromatic rings. The van der Waals surface area contributed by atoms with Crippen molar-refractivity contribution in [2.75, 3.05) is 0 Å². The largest absolute Gasteiger partial charge is 0.348 e. The minimum absolute atomic E-state index is 0.0815. The fourth-order valence-corrected chi connectivity index (χ4v) is 1.71. The van der Waals surface area contributed by atoms with Crippen LogP contribution in [0.5, 0.6) is 0 Å². The topological polar surface area (TPSA) is 39.1 Å². The molecule has 0 N–H and O–H groups in total. The van der Waals surface area contributed by atoms with Crippen LogP contribution in [0.3, 0.4) is 0 Å². The molecule has 2 rings (SSSR count). The number of nitrogens with zero attached hydrogens (tertiary/aromatic N) is 1. The summed E-state index contributed by atoms with van der Waals surface area (Å²) in [6.07, 6.45) is 1.71. The van der Waals surface area contributed by atoms with Gasteiger partial charge in [0.15, 0.2) is 11.6 Å². The van der Waals surface area contributed by atoms with Crippen molar-refractivity contribution in [2.45, 2.75) is 6.42 Å². The molecular formula is C14H13NO2. The summed E-state index contributed by atoms with van der Waals surface area (Å²) in [5.74, 6) is -0.289. The van der Waals surface area contributed by atoms with Crippen molar-refractivity contribution in [1.29, 1.82) is 0 Å². The quantitative estimate of drug-likeness (QED) is 0.594. The van der Waals surface area contributed by atoms with Crippen LogP contribution in [0.25, 0.3) is 0 Å². The molecule has 1 aromatic heterocycles. The first-order valence-corrected chi connectivity index (χ1v) is 5.41. The number of benzene rings is 1. The molecule has 0 unspecified atom stereocenters. The van der Waals surface area contributed by atoms with E-state index in [0.29, 0.717) is 11.3 Å². The average molecular weight is 227 g/mol. The Labute approximate surface area is 99.7 Å². The van der Waals surface area contributed by atoms with Crippen LogP contribution in [0.1, 0.15) is 27.3 Å². The van der Waals surface area contributed by atoms with Gasteiger partial charge < -0.3 is 4.57 Å². The van der Waals surface area contributed by atoms with Gasteiger partial charge in [-0.3, -0.25) is 9.59 Å². The number of hydrogen-bond acceptors (Lipinski definition) is 2. The molecular weight excluding hydrogens is 214 g/mol. The average Bonchev–Trinajstić information content (AvgIpc) is 2.76. The van der Waals surface area contributed by atoms with Crippen LogP contribution < -0.4 is 0 Å². The van der Waals surface area contributed by atoms with Crippen LogP contribution in [0, 0.1) is 0 Å². The van der Waals surface area contributed by atoms with Gasteiger partial charge in [-0.05, 0) is 12.1 Å². The second kappa shape index (κ2) is 4.78. The summed E-state index contributed by atoms with van der Waals surface area (Å²) < 4.78 is 1.72. The van der Waals surface area contributed by atoms with Gasteiger partial charge in [0.1, 0.15) is 0 Å². The number of aryl methyl sites for hydroxylation is 1. The second-order valence-corrected chi connectivity index (χ2v) is 3.89. The molecule has 0 saturated heterocycles. The predicted octanol–water partition coefficient (Wildman–Crippen LogP) is 2.48. The Morgan fingerprint density at radius 3 is 2.29 bits per heavy atom. The lowest BCUT2D eigenvalue weighted by Gasteiger charge is -2.02. The monoisotopic (exact) mass is 227 g/mol. The maximum atomic E-state index is 11.9. The van der Waals surface area contributed by atoms with E-state index in [-0.39, 0.29) is 18.0 Å². The Kier molecular flexibility index (Phi) is 3.19. The normalized spacial score (nSPS) is 10.2. The third kappa shape index (κ3) is 2.50. The van der Waals surface area contributed by atoms with Crippen LogP contribution in [0.2, 0.25) is 0 Å². The number of ketones is 2. The van der Waals surface area contributed by atoms with Gasteiger partial charge in [-0.25, -0.2) is 0 Å². The molecule has 0 aliphatic rings. The van der Waals surface area contributed by atoms with Crippen LogP contribution in [0.15, 0.2) is 48.7 Å². The lowest BCUT2D eigenvalue weighted by atomic mass is 10.0. The van der Waals surface area contributed by atoms with Crippen molar-refractivity contribution >= 4 is 11.6 Å². The first-order valence-electron chi connectivity index (χ1n) is 5.41. The molecule has 1 heterocycles. The number of carbonyl (C=O) groups excluding carboxylic acids is 2. The molecule has 0 amide bonds. The molecule has 0 aliphatic carbocycles. The second-order valence-electron chi connectivity index (χ2n) is 3.89. The highest BCUT2D eigenvalue weighted by Crippen LogP contribution is 2.08. The number of aromatic nitrogens is 1. The van der Waals surface area contributed by atoms with Crippen molar-refractivity contribution in [1.82, 2.24) is 4.57 Å². The summed E-state index contributed by atoms with van der Waals surface area (Å²) >= 11 is 0. The molecule has 86 valence electrons. The third-order valence-corrected chi connectivity index (χ3v) is 2.65. The maximum Gasteiger partial charge on any atom is 0.186 e. The summed E-state index contributed by atoms with van der Waals surface area (Å²) in [7, 11) is 1.79. The molecule has 0 fully saturated rings. The number of hydrogen-bond donors (Lipinski definition) is 0. The molecule has 0 atom stereocenters. The Balaban J connectivity index is 2.10. The van der Waals surface area contributed by atoms with Crippen LogP contribution in [-0.4, -0.2) is 16.1 Å². The van der Waals surface area contributed by atoms with Crippen LogP contribution >= 0.6 is 0 Å². The van der Waals surface area contributed by atoms with Crippen LogP contribution in [0.4, 0.5) is 0 Å². The molecule has 0 spiro atoms.